The molecule has 24 heavy (non-hydrogen) atoms. The number of unbranched alkanes of at least 4 members (excludes halogenated alkanes) is 1. The second-order valence-corrected chi connectivity index (χ2v) is 5.43. The maximum absolute atomic E-state index is 11.0. The third kappa shape index (κ3) is 9.84. The number of hydrogen-bond donors (Lipinski definition) is 2. The van der Waals surface area contributed by atoms with Crippen molar-refractivity contribution in [3.05, 3.63) is 24.3 Å². The van der Waals surface area contributed by atoms with Crippen LogP contribution in [0.1, 0.15) is 39.5 Å². The Bertz CT molecular complexity index is 488. The molecule has 1 aromatic rings. The van der Waals surface area contributed by atoms with Crippen LogP contribution in [-0.4, -0.2) is 38.2 Å². The molecule has 1 rings (SSSR count). The quantitative estimate of drug-likeness (QED) is 0.575. The average molecular weight is 336 g/mol. The SMILES string of the molecule is CCC(=O)NCCCCOCCCOc1ccc(NC(C)=O)cc1. The molecule has 0 aromatic heterocycles. The molecular formula is C18H28N2O4. The average Bonchev–Trinajstić information content (AvgIpc) is 2.57. The van der Waals surface area contributed by atoms with Gasteiger partial charge in [0, 0.05) is 45.2 Å². The maximum atomic E-state index is 11.0. The van der Waals surface area contributed by atoms with Crippen LogP contribution in [0, 0.1) is 0 Å². The fourth-order valence-electron chi connectivity index (χ4n) is 1.97. The van der Waals surface area contributed by atoms with Crippen molar-refractivity contribution in [2.45, 2.75) is 39.5 Å². The van der Waals surface area contributed by atoms with Crippen LogP contribution in [0.15, 0.2) is 24.3 Å². The molecular weight excluding hydrogens is 308 g/mol. The standard InChI is InChI=1S/C18H28N2O4/c1-3-18(22)19-11-4-5-12-23-13-6-14-24-17-9-7-16(8-10-17)20-15(2)21/h7-10H,3-6,11-14H2,1-2H3,(H,19,22)(H,20,21). The van der Waals surface area contributed by atoms with Gasteiger partial charge in [-0.2, -0.15) is 0 Å². The highest BCUT2D eigenvalue weighted by molar-refractivity contribution is 5.88. The van der Waals surface area contributed by atoms with E-state index in [0.717, 1.165) is 30.7 Å². The molecule has 0 spiro atoms. The van der Waals surface area contributed by atoms with Crippen molar-refractivity contribution in [2.24, 2.45) is 0 Å². The van der Waals surface area contributed by atoms with Crippen LogP contribution >= 0.6 is 0 Å². The molecule has 0 heterocycles. The Morgan fingerprint density at radius 2 is 1.71 bits per heavy atom. The zero-order valence-electron chi connectivity index (χ0n) is 14.6. The Balaban J connectivity index is 1.96. The van der Waals surface area contributed by atoms with Crippen molar-refractivity contribution >= 4 is 17.5 Å². The van der Waals surface area contributed by atoms with Crippen LogP contribution in [0.25, 0.3) is 0 Å². The summed E-state index contributed by atoms with van der Waals surface area (Å²) in [6.45, 7) is 5.99. The molecule has 2 amide bonds. The number of benzene rings is 1. The molecule has 0 radical (unpaired) electrons. The smallest absolute Gasteiger partial charge is 0.221 e. The van der Waals surface area contributed by atoms with Crippen LogP contribution in [0.4, 0.5) is 5.69 Å². The van der Waals surface area contributed by atoms with E-state index in [1.54, 1.807) is 0 Å². The van der Waals surface area contributed by atoms with Crippen molar-refractivity contribution in [1.82, 2.24) is 5.32 Å². The number of nitrogens with one attached hydrogen (secondary N) is 2. The van der Waals surface area contributed by atoms with E-state index in [2.05, 4.69) is 10.6 Å². The minimum absolute atomic E-state index is 0.0893. The van der Waals surface area contributed by atoms with Gasteiger partial charge in [-0.15, -0.1) is 0 Å². The monoisotopic (exact) mass is 336 g/mol. The lowest BCUT2D eigenvalue weighted by Crippen LogP contribution is -2.23. The molecule has 0 unspecified atom stereocenters. The maximum Gasteiger partial charge on any atom is 0.221 e. The second kappa shape index (κ2) is 12.4. The van der Waals surface area contributed by atoms with Crippen molar-refractivity contribution in [3.8, 4) is 5.75 Å². The van der Waals surface area contributed by atoms with Gasteiger partial charge >= 0.3 is 0 Å². The van der Waals surface area contributed by atoms with Gasteiger partial charge in [-0.25, -0.2) is 0 Å². The predicted octanol–water partition coefficient (Wildman–Crippen LogP) is 2.74. The van der Waals surface area contributed by atoms with E-state index >= 15 is 0 Å². The van der Waals surface area contributed by atoms with Crippen molar-refractivity contribution < 1.29 is 19.1 Å². The zero-order chi connectivity index (χ0) is 17.6. The van der Waals surface area contributed by atoms with E-state index < -0.39 is 0 Å². The van der Waals surface area contributed by atoms with Gasteiger partial charge < -0.3 is 20.1 Å². The van der Waals surface area contributed by atoms with E-state index in [0.29, 0.717) is 32.8 Å². The molecule has 2 N–H and O–H groups in total. The van der Waals surface area contributed by atoms with E-state index in [9.17, 15) is 9.59 Å². The van der Waals surface area contributed by atoms with E-state index in [4.69, 9.17) is 9.47 Å². The molecule has 0 bridgehead atoms. The summed E-state index contributed by atoms with van der Waals surface area (Å²) in [5, 5.41) is 5.55. The minimum atomic E-state index is -0.0893. The molecule has 0 aliphatic carbocycles. The Hall–Kier alpha value is -2.08. The topological polar surface area (TPSA) is 76.7 Å². The predicted molar refractivity (Wildman–Crippen MR) is 94.2 cm³/mol. The summed E-state index contributed by atoms with van der Waals surface area (Å²) in [6.07, 6.45) is 3.23. The first kappa shape index (κ1) is 20.0. The molecule has 0 saturated heterocycles. The van der Waals surface area contributed by atoms with Gasteiger partial charge in [0.25, 0.3) is 0 Å². The fourth-order valence-corrected chi connectivity index (χ4v) is 1.97. The van der Waals surface area contributed by atoms with E-state index in [1.807, 2.05) is 31.2 Å². The Labute approximate surface area is 143 Å². The number of hydrogen-bond acceptors (Lipinski definition) is 4. The number of amides is 2. The van der Waals surface area contributed by atoms with Gasteiger partial charge in [0.05, 0.1) is 6.61 Å². The minimum Gasteiger partial charge on any atom is -0.494 e. The molecule has 1 aromatic carbocycles. The Kier molecular flexibility index (Phi) is 10.3. The third-order valence-electron chi connectivity index (χ3n) is 3.24. The van der Waals surface area contributed by atoms with Crippen molar-refractivity contribution in [1.29, 1.82) is 0 Å². The Morgan fingerprint density at radius 3 is 2.38 bits per heavy atom. The van der Waals surface area contributed by atoms with Crippen LogP contribution in [-0.2, 0) is 14.3 Å². The highest BCUT2D eigenvalue weighted by Crippen LogP contribution is 2.15. The highest BCUT2D eigenvalue weighted by atomic mass is 16.5. The number of ether oxygens (including phenoxy) is 2. The third-order valence-corrected chi connectivity index (χ3v) is 3.24. The summed E-state index contributed by atoms with van der Waals surface area (Å²) in [4.78, 5) is 21.9. The summed E-state index contributed by atoms with van der Waals surface area (Å²) < 4.78 is 11.1. The van der Waals surface area contributed by atoms with Crippen LogP contribution < -0.4 is 15.4 Å². The van der Waals surface area contributed by atoms with Gasteiger partial charge in [-0.05, 0) is 37.1 Å². The lowest BCUT2D eigenvalue weighted by atomic mass is 10.3. The lowest BCUT2D eigenvalue weighted by Gasteiger charge is -2.08. The fraction of sp³-hybridized carbons (Fsp3) is 0.556. The molecule has 0 aliphatic rings. The van der Waals surface area contributed by atoms with E-state index in [1.165, 1.54) is 6.92 Å². The first-order chi connectivity index (χ1) is 11.6. The van der Waals surface area contributed by atoms with Crippen molar-refractivity contribution in [3.63, 3.8) is 0 Å². The first-order valence-corrected chi connectivity index (χ1v) is 8.46. The molecule has 0 atom stereocenters. The van der Waals surface area contributed by atoms with Crippen LogP contribution in [0.3, 0.4) is 0 Å². The summed E-state index contributed by atoms with van der Waals surface area (Å²) in [5.74, 6) is 0.780. The van der Waals surface area contributed by atoms with Gasteiger partial charge in [0.15, 0.2) is 0 Å². The Morgan fingerprint density at radius 1 is 1.00 bits per heavy atom. The number of carbonyl (C=O) groups is 2. The number of anilines is 1. The van der Waals surface area contributed by atoms with Gasteiger partial charge in [0.1, 0.15) is 5.75 Å². The lowest BCUT2D eigenvalue weighted by molar-refractivity contribution is -0.120. The van der Waals surface area contributed by atoms with Crippen LogP contribution in [0.5, 0.6) is 5.75 Å². The summed E-state index contributed by atoms with van der Waals surface area (Å²) in [7, 11) is 0. The number of carbonyl (C=O) groups excluding carboxylic acids is 2. The van der Waals surface area contributed by atoms with E-state index in [-0.39, 0.29) is 11.8 Å². The first-order valence-electron chi connectivity index (χ1n) is 8.46. The molecule has 6 heteroatoms. The zero-order valence-corrected chi connectivity index (χ0v) is 14.6. The van der Waals surface area contributed by atoms with Crippen LogP contribution in [0.2, 0.25) is 0 Å². The summed E-state index contributed by atoms with van der Waals surface area (Å²) in [6, 6.07) is 7.28. The normalized spacial score (nSPS) is 10.2. The second-order valence-electron chi connectivity index (χ2n) is 5.43. The molecule has 0 fully saturated rings. The van der Waals surface area contributed by atoms with Gasteiger partial charge in [-0.1, -0.05) is 6.92 Å². The molecule has 0 aliphatic heterocycles. The van der Waals surface area contributed by atoms with Gasteiger partial charge in [0.2, 0.25) is 11.8 Å². The molecule has 6 nitrogen and oxygen atoms in total. The highest BCUT2D eigenvalue weighted by Gasteiger charge is 1.98. The van der Waals surface area contributed by atoms with Gasteiger partial charge in [-0.3, -0.25) is 9.59 Å². The molecule has 0 saturated carbocycles. The molecule has 134 valence electrons. The largest absolute Gasteiger partial charge is 0.494 e. The number of rotatable bonds is 12. The van der Waals surface area contributed by atoms with Crippen molar-refractivity contribution in [2.75, 3.05) is 31.7 Å². The summed E-state index contributed by atoms with van der Waals surface area (Å²) >= 11 is 0. The summed E-state index contributed by atoms with van der Waals surface area (Å²) in [5.41, 5.74) is 0.758.